The lowest BCUT2D eigenvalue weighted by atomic mass is 10.1. The van der Waals surface area contributed by atoms with Crippen LogP contribution in [0.5, 0.6) is 0 Å². The van der Waals surface area contributed by atoms with Gasteiger partial charge >= 0.3 is 5.97 Å². The molecule has 0 N–H and O–H groups in total. The second-order valence-corrected chi connectivity index (χ2v) is 5.68. The van der Waals surface area contributed by atoms with Gasteiger partial charge in [-0.05, 0) is 6.42 Å². The maximum absolute atomic E-state index is 11.7. The molecule has 0 spiro atoms. The van der Waals surface area contributed by atoms with Crippen molar-refractivity contribution in [2.75, 3.05) is 19.8 Å². The molecule has 0 saturated heterocycles. The van der Waals surface area contributed by atoms with Crippen LogP contribution in [0.2, 0.25) is 0 Å². The van der Waals surface area contributed by atoms with Crippen LogP contribution >= 0.6 is 0 Å². The van der Waals surface area contributed by atoms with E-state index in [-0.39, 0.29) is 44.8 Å². The van der Waals surface area contributed by atoms with Crippen molar-refractivity contribution < 1.29 is 38.3 Å². The van der Waals surface area contributed by atoms with Crippen LogP contribution in [0.15, 0.2) is 24.3 Å². The normalized spacial score (nSPS) is 16.0. The number of carbonyl (C=O) groups is 6. The minimum atomic E-state index is -0.787. The molecule has 0 radical (unpaired) electrons. The summed E-state index contributed by atoms with van der Waals surface area (Å²) in [6.45, 7) is 0.295. The first-order valence-corrected chi connectivity index (χ1v) is 8.28. The molecule has 0 fully saturated rings. The summed E-state index contributed by atoms with van der Waals surface area (Å²) in [5, 5.41) is 0.367. The highest BCUT2D eigenvalue weighted by Gasteiger charge is 2.27. The summed E-state index contributed by atoms with van der Waals surface area (Å²) in [6, 6.07) is 0. The Kier molecular flexibility index (Phi) is 7.12. The number of hydrogen-bond acceptors (Lipinski definition) is 8. The number of hydrogen-bond donors (Lipinski definition) is 0. The van der Waals surface area contributed by atoms with Crippen LogP contribution in [0.1, 0.15) is 25.7 Å². The lowest BCUT2D eigenvalue weighted by molar-refractivity contribution is -0.196. The fourth-order valence-electron chi connectivity index (χ4n) is 2.27. The number of Topliss-reactive ketones (excluding diaryl/α,β-unsaturated/α-hetero) is 1. The van der Waals surface area contributed by atoms with E-state index in [9.17, 15) is 28.8 Å². The summed E-state index contributed by atoms with van der Waals surface area (Å²) in [5.74, 6) is -3.18. The zero-order valence-electron chi connectivity index (χ0n) is 14.4. The van der Waals surface area contributed by atoms with Crippen LogP contribution in [0.4, 0.5) is 0 Å². The third-order valence-electron chi connectivity index (χ3n) is 3.67. The fourth-order valence-corrected chi connectivity index (χ4v) is 2.27. The van der Waals surface area contributed by atoms with Gasteiger partial charge in [-0.2, -0.15) is 0 Å². The molecule has 144 valence electrons. The summed E-state index contributed by atoms with van der Waals surface area (Å²) >= 11 is 0. The van der Waals surface area contributed by atoms with Crippen LogP contribution in [-0.4, -0.2) is 65.1 Å². The first-order chi connectivity index (χ1) is 12.9. The Morgan fingerprint density at radius 1 is 0.778 bits per heavy atom. The molecule has 0 aromatic heterocycles. The molecule has 2 rings (SSSR count). The highest BCUT2D eigenvalue weighted by Crippen LogP contribution is 2.07. The number of ether oxygens (including phenoxy) is 1. The molecule has 2 aliphatic heterocycles. The second-order valence-electron chi connectivity index (χ2n) is 5.68. The Bertz CT molecular complexity index is 688. The van der Waals surface area contributed by atoms with Gasteiger partial charge in [0.2, 0.25) is 0 Å². The number of rotatable bonds is 11. The molecule has 27 heavy (non-hydrogen) atoms. The Morgan fingerprint density at radius 3 is 2.00 bits per heavy atom. The van der Waals surface area contributed by atoms with Crippen molar-refractivity contribution in [3.63, 3.8) is 0 Å². The van der Waals surface area contributed by atoms with E-state index in [2.05, 4.69) is 4.84 Å². The van der Waals surface area contributed by atoms with Crippen LogP contribution in [0.3, 0.4) is 0 Å². The van der Waals surface area contributed by atoms with Crippen LogP contribution in [0, 0.1) is 0 Å². The molecule has 0 aromatic rings. The van der Waals surface area contributed by atoms with Gasteiger partial charge in [-0.15, -0.1) is 0 Å². The van der Waals surface area contributed by atoms with Crippen molar-refractivity contribution in [3.8, 4) is 0 Å². The molecule has 0 saturated carbocycles. The van der Waals surface area contributed by atoms with E-state index in [0.717, 1.165) is 29.2 Å². The molecule has 0 unspecified atom stereocenters. The molecule has 2 aliphatic rings. The number of hydroxylamine groups is 2. The van der Waals surface area contributed by atoms with Gasteiger partial charge < -0.3 is 9.57 Å². The number of amides is 4. The standard InChI is InChI=1S/C17H18N2O8/c20-12(7-9-18-13(21)3-4-14(18)22)2-1-10-26-11-8-17(25)27-19-15(23)5-6-16(19)24/h3-6H,1-2,7-11H2. The lowest BCUT2D eigenvalue weighted by Crippen LogP contribution is -2.33. The van der Waals surface area contributed by atoms with Gasteiger partial charge in [0.25, 0.3) is 23.6 Å². The molecular weight excluding hydrogens is 360 g/mol. The smallest absolute Gasteiger partial charge is 0.335 e. The van der Waals surface area contributed by atoms with Crippen molar-refractivity contribution in [1.82, 2.24) is 9.96 Å². The molecule has 0 aromatic carbocycles. The van der Waals surface area contributed by atoms with E-state index < -0.39 is 29.6 Å². The minimum absolute atomic E-state index is 0.0130. The van der Waals surface area contributed by atoms with E-state index in [4.69, 9.17) is 4.74 Å². The van der Waals surface area contributed by atoms with Crippen LogP contribution in [-0.2, 0) is 38.3 Å². The SMILES string of the molecule is O=C(CCCOCCC(=O)ON1C(=O)C=CC1=O)CCN1C(=O)C=CC1=O. The van der Waals surface area contributed by atoms with E-state index >= 15 is 0 Å². The highest BCUT2D eigenvalue weighted by molar-refractivity contribution is 6.13. The van der Waals surface area contributed by atoms with Crippen molar-refractivity contribution in [3.05, 3.63) is 24.3 Å². The largest absolute Gasteiger partial charge is 0.381 e. The van der Waals surface area contributed by atoms with E-state index in [1.807, 2.05) is 0 Å². The molecule has 10 nitrogen and oxygen atoms in total. The predicted octanol–water partition coefficient (Wildman–Crippen LogP) is -0.559. The zero-order valence-corrected chi connectivity index (χ0v) is 14.4. The van der Waals surface area contributed by atoms with Gasteiger partial charge in [-0.3, -0.25) is 28.9 Å². The third-order valence-corrected chi connectivity index (χ3v) is 3.67. The zero-order chi connectivity index (χ0) is 19.8. The molecule has 4 amide bonds. The van der Waals surface area contributed by atoms with Gasteiger partial charge in [0.05, 0.1) is 13.0 Å². The number of carbonyl (C=O) groups excluding carboxylic acids is 6. The summed E-state index contributed by atoms with van der Waals surface area (Å²) < 4.78 is 5.20. The molecule has 0 atom stereocenters. The number of ketones is 1. The topological polar surface area (TPSA) is 127 Å². The summed E-state index contributed by atoms with van der Waals surface area (Å²) in [7, 11) is 0. The maximum Gasteiger partial charge on any atom is 0.335 e. The van der Waals surface area contributed by atoms with E-state index in [0.29, 0.717) is 11.5 Å². The Balaban J connectivity index is 1.49. The monoisotopic (exact) mass is 378 g/mol. The average Bonchev–Trinajstić information content (AvgIpc) is 3.12. The van der Waals surface area contributed by atoms with Crippen molar-refractivity contribution in [2.45, 2.75) is 25.7 Å². The van der Waals surface area contributed by atoms with E-state index in [1.165, 1.54) is 0 Å². The average molecular weight is 378 g/mol. The quantitative estimate of drug-likeness (QED) is 0.346. The van der Waals surface area contributed by atoms with Crippen LogP contribution in [0.25, 0.3) is 0 Å². The molecule has 2 heterocycles. The molecule has 0 aliphatic carbocycles. The summed E-state index contributed by atoms with van der Waals surface area (Å²) in [6.07, 6.45) is 4.88. The van der Waals surface area contributed by atoms with Crippen molar-refractivity contribution in [2.24, 2.45) is 0 Å². The second kappa shape index (κ2) is 9.53. The number of imide groups is 2. The Hall–Kier alpha value is -3.14. The van der Waals surface area contributed by atoms with Crippen LogP contribution < -0.4 is 0 Å². The van der Waals surface area contributed by atoms with Crippen molar-refractivity contribution >= 4 is 35.4 Å². The van der Waals surface area contributed by atoms with Gasteiger partial charge in [0, 0.05) is 50.3 Å². The Labute approximate surface area is 154 Å². The van der Waals surface area contributed by atoms with Gasteiger partial charge in [-0.25, -0.2) is 4.79 Å². The summed E-state index contributed by atoms with van der Waals surface area (Å²) in [4.78, 5) is 73.9. The van der Waals surface area contributed by atoms with E-state index in [1.54, 1.807) is 0 Å². The number of nitrogens with zero attached hydrogens (tertiary/aromatic N) is 2. The molecular formula is C17H18N2O8. The fraction of sp³-hybridized carbons (Fsp3) is 0.412. The van der Waals surface area contributed by atoms with Gasteiger partial charge in [0.1, 0.15) is 5.78 Å². The third kappa shape index (κ3) is 5.96. The lowest BCUT2D eigenvalue weighted by Gasteiger charge is -2.13. The summed E-state index contributed by atoms with van der Waals surface area (Å²) in [5.41, 5.74) is 0. The molecule has 0 bridgehead atoms. The first-order valence-electron chi connectivity index (χ1n) is 8.28. The Morgan fingerprint density at radius 2 is 1.37 bits per heavy atom. The maximum atomic E-state index is 11.7. The van der Waals surface area contributed by atoms with Gasteiger partial charge in [0.15, 0.2) is 0 Å². The highest BCUT2D eigenvalue weighted by atomic mass is 16.7. The molecule has 10 heteroatoms. The minimum Gasteiger partial charge on any atom is -0.381 e. The predicted molar refractivity (Wildman–Crippen MR) is 87.2 cm³/mol. The van der Waals surface area contributed by atoms with Gasteiger partial charge in [-0.1, -0.05) is 5.06 Å². The van der Waals surface area contributed by atoms with Crippen molar-refractivity contribution in [1.29, 1.82) is 0 Å². The first kappa shape index (κ1) is 20.2.